The number of nitrogen functional groups attached to an aromatic ring is 1. The number of benzene rings is 1. The van der Waals surface area contributed by atoms with Crippen molar-refractivity contribution in [1.82, 2.24) is 10.2 Å². The average molecular weight is 284 g/mol. The van der Waals surface area contributed by atoms with Crippen LogP contribution >= 0.6 is 15.9 Å². The molecule has 5 nitrogen and oxygen atoms in total. The first kappa shape index (κ1) is 11.1. The van der Waals surface area contributed by atoms with Crippen LogP contribution in [0.5, 0.6) is 0 Å². The van der Waals surface area contributed by atoms with Gasteiger partial charge in [0.05, 0.1) is 6.61 Å². The number of hydrogen-bond acceptors (Lipinski definition) is 5. The Bertz CT molecular complexity index is 499. The number of rotatable bonds is 3. The van der Waals surface area contributed by atoms with Crippen molar-refractivity contribution in [3.05, 3.63) is 28.2 Å². The molecule has 0 radical (unpaired) electrons. The molecule has 6 heteroatoms. The molecule has 0 aliphatic carbocycles. The smallest absolute Gasteiger partial charge is 0.313 e. The molecule has 0 unspecified atom stereocenters. The zero-order chi connectivity index (χ0) is 11.5. The lowest BCUT2D eigenvalue weighted by Crippen LogP contribution is -1.90. The number of hydrogen-bond donors (Lipinski definition) is 1. The molecule has 2 N–H and O–H groups in total. The van der Waals surface area contributed by atoms with Crippen LogP contribution in [0.15, 0.2) is 27.1 Å². The lowest BCUT2D eigenvalue weighted by molar-refractivity contribution is 0.184. The minimum atomic E-state index is 0.0613. The van der Waals surface area contributed by atoms with Gasteiger partial charge in [-0.3, -0.25) is 0 Å². The van der Waals surface area contributed by atoms with Crippen molar-refractivity contribution in [2.75, 3.05) is 12.8 Å². The summed E-state index contributed by atoms with van der Waals surface area (Å²) in [6, 6.07) is 5.76. The summed E-state index contributed by atoms with van der Waals surface area (Å²) < 4.78 is 11.2. The lowest BCUT2D eigenvalue weighted by Gasteiger charge is -2.04. The van der Waals surface area contributed by atoms with Crippen molar-refractivity contribution < 1.29 is 9.15 Å². The van der Waals surface area contributed by atoms with E-state index < -0.39 is 0 Å². The Morgan fingerprint density at radius 2 is 2.25 bits per heavy atom. The number of ether oxygens (including phenoxy) is 1. The summed E-state index contributed by atoms with van der Waals surface area (Å²) in [7, 11) is 1.64. The second kappa shape index (κ2) is 4.63. The Kier molecular flexibility index (Phi) is 3.21. The van der Waals surface area contributed by atoms with Crippen LogP contribution in [-0.4, -0.2) is 17.3 Å². The third-order valence-corrected chi connectivity index (χ3v) is 2.81. The summed E-state index contributed by atoms with van der Waals surface area (Å²) in [5.74, 6) is 0.405. The third-order valence-electron chi connectivity index (χ3n) is 2.03. The Balaban J connectivity index is 2.39. The van der Waals surface area contributed by atoms with Crippen molar-refractivity contribution >= 4 is 21.9 Å². The largest absolute Gasteiger partial charge is 0.404 e. The summed E-state index contributed by atoms with van der Waals surface area (Å²) in [6.45, 7) is 0.512. The maximum Gasteiger partial charge on any atom is 0.313 e. The molecule has 16 heavy (non-hydrogen) atoms. The summed E-state index contributed by atoms with van der Waals surface area (Å²) in [5, 5.41) is 7.43. The van der Waals surface area contributed by atoms with E-state index in [2.05, 4.69) is 26.1 Å². The standard InChI is InChI=1S/C10H10BrN3O2/c1-15-5-7-4-6(2-3-8(7)11)9-13-14-10(12)16-9/h2-4H,5H2,1H3,(H2,12,14). The zero-order valence-electron chi connectivity index (χ0n) is 8.61. The van der Waals surface area contributed by atoms with Crippen LogP contribution in [0.3, 0.4) is 0 Å². The maximum atomic E-state index is 5.37. The molecule has 0 atom stereocenters. The average Bonchev–Trinajstić information content (AvgIpc) is 2.69. The number of nitrogens with zero attached hydrogens (tertiary/aromatic N) is 2. The van der Waals surface area contributed by atoms with Crippen molar-refractivity contribution in [3.63, 3.8) is 0 Å². The molecule has 0 fully saturated rings. The van der Waals surface area contributed by atoms with E-state index in [0.29, 0.717) is 12.5 Å². The second-order valence-corrected chi connectivity index (χ2v) is 4.04. The molecule has 0 saturated carbocycles. The summed E-state index contributed by atoms with van der Waals surface area (Å²) in [6.07, 6.45) is 0. The zero-order valence-corrected chi connectivity index (χ0v) is 10.2. The monoisotopic (exact) mass is 283 g/mol. The first-order chi connectivity index (χ1) is 7.70. The van der Waals surface area contributed by atoms with E-state index in [1.54, 1.807) is 7.11 Å². The first-order valence-electron chi connectivity index (χ1n) is 4.57. The van der Waals surface area contributed by atoms with Gasteiger partial charge in [-0.15, -0.1) is 5.10 Å². The molecule has 1 heterocycles. The molecule has 0 spiro atoms. The molecule has 84 valence electrons. The maximum absolute atomic E-state index is 5.37. The molecular formula is C10H10BrN3O2. The van der Waals surface area contributed by atoms with E-state index in [4.69, 9.17) is 14.9 Å². The van der Waals surface area contributed by atoms with E-state index in [1.807, 2.05) is 18.2 Å². The van der Waals surface area contributed by atoms with Gasteiger partial charge in [0.25, 0.3) is 0 Å². The van der Waals surface area contributed by atoms with Gasteiger partial charge in [0.15, 0.2) is 0 Å². The van der Waals surface area contributed by atoms with Crippen LogP contribution in [0.4, 0.5) is 6.01 Å². The van der Waals surface area contributed by atoms with Crippen LogP contribution in [0.25, 0.3) is 11.5 Å². The predicted octanol–water partition coefficient (Wildman–Crippen LogP) is 2.23. The topological polar surface area (TPSA) is 74.2 Å². The summed E-state index contributed by atoms with van der Waals surface area (Å²) in [5.41, 5.74) is 7.20. The van der Waals surface area contributed by atoms with Crippen LogP contribution in [0, 0.1) is 0 Å². The fraction of sp³-hybridized carbons (Fsp3) is 0.200. The Morgan fingerprint density at radius 1 is 1.44 bits per heavy atom. The van der Waals surface area contributed by atoms with Gasteiger partial charge in [-0.25, -0.2) is 0 Å². The van der Waals surface area contributed by atoms with E-state index >= 15 is 0 Å². The highest BCUT2D eigenvalue weighted by Gasteiger charge is 2.08. The van der Waals surface area contributed by atoms with E-state index in [1.165, 1.54) is 0 Å². The second-order valence-electron chi connectivity index (χ2n) is 3.18. The summed E-state index contributed by atoms with van der Waals surface area (Å²) in [4.78, 5) is 0. The summed E-state index contributed by atoms with van der Waals surface area (Å²) >= 11 is 3.44. The van der Waals surface area contributed by atoms with E-state index in [9.17, 15) is 0 Å². The highest BCUT2D eigenvalue weighted by atomic mass is 79.9. The van der Waals surface area contributed by atoms with Gasteiger partial charge in [-0.05, 0) is 23.8 Å². The lowest BCUT2D eigenvalue weighted by atomic mass is 10.1. The number of aromatic nitrogens is 2. The van der Waals surface area contributed by atoms with Crippen LogP contribution < -0.4 is 5.73 Å². The van der Waals surface area contributed by atoms with E-state index in [0.717, 1.165) is 15.6 Å². The van der Waals surface area contributed by atoms with Crippen LogP contribution in [-0.2, 0) is 11.3 Å². The van der Waals surface area contributed by atoms with Gasteiger partial charge < -0.3 is 14.9 Å². The molecular weight excluding hydrogens is 274 g/mol. The van der Waals surface area contributed by atoms with Gasteiger partial charge in [0.1, 0.15) is 0 Å². The number of halogens is 1. The van der Waals surface area contributed by atoms with Gasteiger partial charge in [-0.1, -0.05) is 21.0 Å². The molecule has 1 aromatic carbocycles. The molecule has 0 saturated heterocycles. The van der Waals surface area contributed by atoms with Gasteiger partial charge in [-0.2, -0.15) is 0 Å². The minimum absolute atomic E-state index is 0.0613. The quantitative estimate of drug-likeness (QED) is 0.935. The third kappa shape index (κ3) is 2.23. The number of methoxy groups -OCH3 is 1. The SMILES string of the molecule is COCc1cc(-c2nnc(N)o2)ccc1Br. The van der Waals surface area contributed by atoms with Crippen molar-refractivity contribution in [2.45, 2.75) is 6.61 Å². The van der Waals surface area contributed by atoms with Crippen LogP contribution in [0.1, 0.15) is 5.56 Å². The molecule has 1 aromatic heterocycles. The highest BCUT2D eigenvalue weighted by molar-refractivity contribution is 9.10. The fourth-order valence-corrected chi connectivity index (χ4v) is 1.69. The molecule has 2 rings (SSSR count). The highest BCUT2D eigenvalue weighted by Crippen LogP contribution is 2.25. The van der Waals surface area contributed by atoms with Crippen molar-refractivity contribution in [1.29, 1.82) is 0 Å². The van der Waals surface area contributed by atoms with Gasteiger partial charge in [0, 0.05) is 17.1 Å². The molecule has 0 amide bonds. The molecule has 0 aliphatic rings. The molecule has 0 aliphatic heterocycles. The molecule has 0 bridgehead atoms. The van der Waals surface area contributed by atoms with Gasteiger partial charge >= 0.3 is 6.01 Å². The van der Waals surface area contributed by atoms with Crippen molar-refractivity contribution in [2.24, 2.45) is 0 Å². The Labute approximate surface area is 101 Å². The number of anilines is 1. The van der Waals surface area contributed by atoms with Crippen LogP contribution in [0.2, 0.25) is 0 Å². The normalized spacial score (nSPS) is 10.6. The first-order valence-corrected chi connectivity index (χ1v) is 5.36. The predicted molar refractivity (Wildman–Crippen MR) is 62.6 cm³/mol. The van der Waals surface area contributed by atoms with E-state index in [-0.39, 0.29) is 6.01 Å². The Hall–Kier alpha value is -1.40. The number of nitrogens with two attached hydrogens (primary N) is 1. The van der Waals surface area contributed by atoms with Crippen molar-refractivity contribution in [3.8, 4) is 11.5 Å². The van der Waals surface area contributed by atoms with Gasteiger partial charge in [0.2, 0.25) is 5.89 Å². The molecule has 2 aromatic rings. The Morgan fingerprint density at radius 3 is 2.88 bits per heavy atom. The minimum Gasteiger partial charge on any atom is -0.404 e. The fourth-order valence-electron chi connectivity index (χ4n) is 1.33.